The van der Waals surface area contributed by atoms with Crippen LogP contribution in [0, 0.1) is 0 Å². The Morgan fingerprint density at radius 3 is 1.12 bits per heavy atom. The molecule has 0 saturated carbocycles. The van der Waals surface area contributed by atoms with E-state index in [1.165, 1.54) is 205 Å². The number of hydrogen-bond donors (Lipinski definition) is 0. The smallest absolute Gasteiger partial charge is 0.306 e. The number of phosphoric acid groups is 1. The van der Waals surface area contributed by atoms with Gasteiger partial charge in [-0.05, 0) is 12.8 Å². The molecule has 0 aliphatic heterocycles. The number of ether oxygens (including phenoxy) is 2. The zero-order valence-corrected chi connectivity index (χ0v) is 41.1. The molecule has 354 valence electrons. The summed E-state index contributed by atoms with van der Waals surface area (Å²) >= 11 is 0. The number of phosphoric ester groups is 1. The Labute approximate surface area is 368 Å². The van der Waals surface area contributed by atoms with Gasteiger partial charge in [-0.25, -0.2) is 0 Å². The number of unbranched alkanes of at least 4 members (excludes halogenated alkanes) is 35. The Bertz CT molecular complexity index is 914. The number of quaternary nitrogens is 1. The summed E-state index contributed by atoms with van der Waals surface area (Å²) in [4.78, 5) is 25.2. The van der Waals surface area contributed by atoms with Crippen LogP contribution in [0.5, 0.6) is 0 Å². The van der Waals surface area contributed by atoms with E-state index in [4.69, 9.17) is 18.5 Å². The van der Waals surface area contributed by atoms with Gasteiger partial charge < -0.3 is 27.9 Å². The van der Waals surface area contributed by atoms with Crippen molar-refractivity contribution in [3.63, 3.8) is 0 Å². The van der Waals surface area contributed by atoms with Gasteiger partial charge >= 0.3 is 5.97 Å². The second-order valence-corrected chi connectivity index (χ2v) is 20.3. The first-order valence-electron chi connectivity index (χ1n) is 25.8. The highest BCUT2D eigenvalue weighted by Crippen LogP contribution is 2.38. The molecule has 0 bridgehead atoms. The fraction of sp³-hybridized carbons (Fsp3) is 0.980. The molecule has 0 amide bonds. The van der Waals surface area contributed by atoms with Gasteiger partial charge in [0.2, 0.25) is 0 Å². The molecule has 0 aromatic carbocycles. The summed E-state index contributed by atoms with van der Waals surface area (Å²) in [5, 5.41) is 0. The Kier molecular flexibility index (Phi) is 43.7. The van der Waals surface area contributed by atoms with E-state index in [2.05, 4.69) is 13.8 Å². The van der Waals surface area contributed by atoms with Crippen LogP contribution in [0.2, 0.25) is 0 Å². The van der Waals surface area contributed by atoms with Crippen LogP contribution in [-0.4, -0.2) is 70.7 Å². The number of hydrogen-bond acceptors (Lipinski definition) is 7. The minimum absolute atomic E-state index is 0.0317. The summed E-state index contributed by atoms with van der Waals surface area (Å²) in [6.45, 7) is 5.49. The second kappa shape index (κ2) is 44.1. The van der Waals surface area contributed by atoms with Crippen molar-refractivity contribution in [1.29, 1.82) is 0 Å². The van der Waals surface area contributed by atoms with Crippen molar-refractivity contribution in [3.05, 3.63) is 0 Å². The number of rotatable bonds is 49. The average molecular weight is 860 g/mol. The number of carbonyl (C=O) groups is 1. The molecule has 9 heteroatoms. The Balaban J connectivity index is 4.09. The molecule has 0 N–H and O–H groups in total. The highest BCUT2D eigenvalue weighted by molar-refractivity contribution is 7.45. The fourth-order valence-corrected chi connectivity index (χ4v) is 8.40. The molecule has 0 saturated heterocycles. The third kappa shape index (κ3) is 48.4. The lowest BCUT2D eigenvalue weighted by atomic mass is 10.0. The van der Waals surface area contributed by atoms with E-state index < -0.39 is 13.9 Å². The first-order valence-corrected chi connectivity index (χ1v) is 27.2. The summed E-state index contributed by atoms with van der Waals surface area (Å²) in [6.07, 6.45) is 48.3. The highest BCUT2D eigenvalue weighted by atomic mass is 31.2. The molecule has 0 aromatic heterocycles. The molecule has 0 aliphatic rings. The van der Waals surface area contributed by atoms with E-state index >= 15 is 0 Å². The van der Waals surface area contributed by atoms with Crippen molar-refractivity contribution in [2.75, 3.05) is 54.1 Å². The Morgan fingerprint density at radius 2 is 0.780 bits per heavy atom. The maximum atomic E-state index is 12.7. The van der Waals surface area contributed by atoms with Gasteiger partial charge in [-0.1, -0.05) is 239 Å². The molecule has 0 radical (unpaired) electrons. The van der Waals surface area contributed by atoms with Crippen LogP contribution < -0.4 is 4.89 Å². The standard InChI is InChI=1S/C50H102NO7P/c1-6-8-10-12-14-16-18-20-22-24-26-27-29-31-33-35-37-39-41-43-50(52)58-49(48-57-59(53,54)56-46-44-51(3,4)5)47-55-45-42-40-38-36-34-32-30-28-25-23-21-19-17-15-13-11-9-7-2/h49H,6-48H2,1-5H3/t49-/m1/s1. The minimum Gasteiger partial charge on any atom is -0.756 e. The lowest BCUT2D eigenvalue weighted by molar-refractivity contribution is -0.870. The number of carbonyl (C=O) groups excluding carboxylic acids is 1. The van der Waals surface area contributed by atoms with Crippen molar-refractivity contribution in [1.82, 2.24) is 0 Å². The highest BCUT2D eigenvalue weighted by Gasteiger charge is 2.20. The molecule has 2 atom stereocenters. The number of nitrogens with zero attached hydrogens (tertiary/aromatic N) is 1. The van der Waals surface area contributed by atoms with E-state index in [9.17, 15) is 14.3 Å². The molecular formula is C50H102NO7P. The topological polar surface area (TPSA) is 94.1 Å². The molecule has 0 heterocycles. The quantitative estimate of drug-likeness (QED) is 0.0260. The van der Waals surface area contributed by atoms with Crippen LogP contribution >= 0.6 is 7.82 Å². The predicted octanol–water partition coefficient (Wildman–Crippen LogP) is 15.0. The van der Waals surface area contributed by atoms with E-state index in [0.717, 1.165) is 32.1 Å². The van der Waals surface area contributed by atoms with Crippen LogP contribution in [0.1, 0.15) is 258 Å². The summed E-state index contributed by atoms with van der Waals surface area (Å²) < 4.78 is 34.8. The van der Waals surface area contributed by atoms with Crippen molar-refractivity contribution >= 4 is 13.8 Å². The van der Waals surface area contributed by atoms with Crippen LogP contribution in [0.4, 0.5) is 0 Å². The molecule has 0 spiro atoms. The first-order chi connectivity index (χ1) is 28.6. The van der Waals surface area contributed by atoms with Gasteiger partial charge in [-0.3, -0.25) is 9.36 Å². The molecule has 0 fully saturated rings. The number of likely N-dealkylation sites (N-methyl/N-ethyl adjacent to an activating group) is 1. The molecule has 59 heavy (non-hydrogen) atoms. The first kappa shape index (κ1) is 58.5. The van der Waals surface area contributed by atoms with Crippen molar-refractivity contribution in [2.24, 2.45) is 0 Å². The van der Waals surface area contributed by atoms with Gasteiger partial charge in [0.05, 0.1) is 34.4 Å². The van der Waals surface area contributed by atoms with Gasteiger partial charge in [-0.15, -0.1) is 0 Å². The molecule has 0 aromatic rings. The van der Waals surface area contributed by atoms with Gasteiger partial charge in [0.1, 0.15) is 19.3 Å². The van der Waals surface area contributed by atoms with Gasteiger partial charge in [0.15, 0.2) is 0 Å². The maximum Gasteiger partial charge on any atom is 0.306 e. The summed E-state index contributed by atoms with van der Waals surface area (Å²) in [5.41, 5.74) is 0. The lowest BCUT2D eigenvalue weighted by Crippen LogP contribution is -2.37. The Morgan fingerprint density at radius 1 is 0.458 bits per heavy atom. The monoisotopic (exact) mass is 860 g/mol. The zero-order chi connectivity index (χ0) is 43.4. The summed E-state index contributed by atoms with van der Waals surface area (Å²) in [6, 6.07) is 0. The van der Waals surface area contributed by atoms with Crippen LogP contribution in [-0.2, 0) is 27.9 Å². The third-order valence-electron chi connectivity index (χ3n) is 11.7. The summed E-state index contributed by atoms with van der Waals surface area (Å²) in [5.74, 6) is -0.325. The molecule has 1 unspecified atom stereocenters. The minimum atomic E-state index is -4.52. The third-order valence-corrected chi connectivity index (χ3v) is 12.6. The van der Waals surface area contributed by atoms with Crippen molar-refractivity contribution in [2.45, 2.75) is 264 Å². The largest absolute Gasteiger partial charge is 0.756 e. The SMILES string of the molecule is CCCCCCCCCCCCCCCCCCCCCC(=O)O[C@H](COCCCCCCCCCCCCCCCCCCCC)COP(=O)([O-])OCC[N+](C)(C)C. The molecule has 8 nitrogen and oxygen atoms in total. The normalized spacial score (nSPS) is 13.5. The molecule has 0 rings (SSSR count). The molecular weight excluding hydrogens is 758 g/mol. The van der Waals surface area contributed by atoms with Crippen molar-refractivity contribution < 1.29 is 37.3 Å². The van der Waals surface area contributed by atoms with Crippen LogP contribution in [0.3, 0.4) is 0 Å². The molecule has 0 aliphatic carbocycles. The average Bonchev–Trinajstić information content (AvgIpc) is 3.19. The lowest BCUT2D eigenvalue weighted by Gasteiger charge is -2.28. The maximum absolute atomic E-state index is 12.7. The van der Waals surface area contributed by atoms with Crippen molar-refractivity contribution in [3.8, 4) is 0 Å². The predicted molar refractivity (Wildman–Crippen MR) is 250 cm³/mol. The van der Waals surface area contributed by atoms with Crippen LogP contribution in [0.25, 0.3) is 0 Å². The number of esters is 1. The van der Waals surface area contributed by atoms with E-state index in [1.807, 2.05) is 21.1 Å². The fourth-order valence-electron chi connectivity index (χ4n) is 7.67. The van der Waals surface area contributed by atoms with E-state index in [0.29, 0.717) is 24.1 Å². The zero-order valence-electron chi connectivity index (χ0n) is 40.2. The Hall–Kier alpha value is -0.500. The second-order valence-electron chi connectivity index (χ2n) is 18.9. The van der Waals surface area contributed by atoms with Gasteiger partial charge in [-0.2, -0.15) is 0 Å². The van der Waals surface area contributed by atoms with E-state index in [-0.39, 0.29) is 25.8 Å². The van der Waals surface area contributed by atoms with Gasteiger partial charge in [0.25, 0.3) is 7.82 Å². The summed E-state index contributed by atoms with van der Waals surface area (Å²) in [7, 11) is 1.38. The van der Waals surface area contributed by atoms with Crippen LogP contribution in [0.15, 0.2) is 0 Å². The van der Waals surface area contributed by atoms with Gasteiger partial charge in [0, 0.05) is 13.0 Å². The van der Waals surface area contributed by atoms with E-state index in [1.54, 1.807) is 0 Å².